The Kier molecular flexibility index (Phi) is 2.28. The number of halogens is 1. The van der Waals surface area contributed by atoms with Gasteiger partial charge >= 0.3 is 0 Å². The van der Waals surface area contributed by atoms with Crippen molar-refractivity contribution < 1.29 is 4.79 Å². The van der Waals surface area contributed by atoms with Crippen molar-refractivity contribution in [3.05, 3.63) is 0 Å². The molecule has 0 saturated heterocycles. The summed E-state index contributed by atoms with van der Waals surface area (Å²) in [5, 5.41) is 0. The van der Waals surface area contributed by atoms with Gasteiger partial charge in [0.15, 0.2) is 0 Å². The summed E-state index contributed by atoms with van der Waals surface area (Å²) in [5.41, 5.74) is 0. The predicted octanol–water partition coefficient (Wildman–Crippen LogP) is 2.14. The normalized spacial score (nSPS) is 30.9. The predicted molar refractivity (Wildman–Crippen MR) is 40.7 cm³/mol. The maximum atomic E-state index is 11.0. The van der Waals surface area contributed by atoms with Gasteiger partial charge in [-0.3, -0.25) is 4.79 Å². The molecule has 1 aliphatic carbocycles. The molecule has 52 valence electrons. The van der Waals surface area contributed by atoms with E-state index in [0.29, 0.717) is 16.5 Å². The van der Waals surface area contributed by atoms with Crippen LogP contribution in [-0.4, -0.2) is 10.6 Å². The Balaban J connectivity index is 2.49. The molecule has 1 saturated carbocycles. The molecule has 1 aliphatic rings. The van der Waals surface area contributed by atoms with Crippen molar-refractivity contribution in [2.24, 2.45) is 5.92 Å². The van der Waals surface area contributed by atoms with E-state index in [1.54, 1.807) is 0 Å². The van der Waals surface area contributed by atoms with Crippen LogP contribution in [0, 0.1) is 5.92 Å². The van der Waals surface area contributed by atoms with Gasteiger partial charge in [-0.25, -0.2) is 0 Å². The van der Waals surface area contributed by atoms with Crippen LogP contribution in [0.25, 0.3) is 0 Å². The smallest absolute Gasteiger partial charge is 0.137 e. The summed E-state index contributed by atoms with van der Waals surface area (Å²) in [6, 6.07) is 0. The van der Waals surface area contributed by atoms with Crippen LogP contribution in [0.4, 0.5) is 0 Å². The average molecular weight is 191 g/mol. The van der Waals surface area contributed by atoms with Gasteiger partial charge in [0.25, 0.3) is 0 Å². The van der Waals surface area contributed by atoms with E-state index < -0.39 is 0 Å². The molecule has 0 aromatic carbocycles. The molecule has 1 nitrogen and oxygen atoms in total. The van der Waals surface area contributed by atoms with Gasteiger partial charge in [-0.15, -0.1) is 0 Å². The molecule has 0 N–H and O–H groups in total. The lowest BCUT2D eigenvalue weighted by Gasteiger charge is -2.08. The molecule has 0 aromatic rings. The van der Waals surface area contributed by atoms with Crippen molar-refractivity contribution >= 4 is 21.7 Å². The second kappa shape index (κ2) is 2.82. The van der Waals surface area contributed by atoms with E-state index >= 15 is 0 Å². The number of alkyl halides is 1. The van der Waals surface area contributed by atoms with Crippen molar-refractivity contribution in [2.75, 3.05) is 0 Å². The fourth-order valence-electron chi connectivity index (χ4n) is 1.33. The molecule has 0 aromatic heterocycles. The maximum absolute atomic E-state index is 11.0. The van der Waals surface area contributed by atoms with Crippen molar-refractivity contribution in [2.45, 2.75) is 31.0 Å². The summed E-state index contributed by atoms with van der Waals surface area (Å²) in [6.45, 7) is 2.05. The Morgan fingerprint density at radius 3 is 2.67 bits per heavy atom. The largest absolute Gasteiger partial charge is 0.299 e. The third-order valence-electron chi connectivity index (χ3n) is 1.91. The van der Waals surface area contributed by atoms with Gasteiger partial charge in [0.05, 0.1) is 0 Å². The number of hydrogen-bond donors (Lipinski definition) is 0. The molecule has 0 radical (unpaired) electrons. The molecule has 0 aliphatic heterocycles. The first kappa shape index (κ1) is 7.26. The van der Waals surface area contributed by atoms with E-state index in [0.717, 1.165) is 19.3 Å². The molecular formula is C7H11BrO. The minimum absolute atomic E-state index is 0.310. The summed E-state index contributed by atoms with van der Waals surface area (Å²) in [7, 11) is 0. The Hall–Kier alpha value is 0.150. The molecule has 1 rings (SSSR count). The van der Waals surface area contributed by atoms with Crippen molar-refractivity contribution in [1.82, 2.24) is 0 Å². The van der Waals surface area contributed by atoms with Crippen molar-refractivity contribution in [3.8, 4) is 0 Å². The highest BCUT2D eigenvalue weighted by Gasteiger charge is 2.27. The fraction of sp³-hybridized carbons (Fsp3) is 0.857. The lowest BCUT2D eigenvalue weighted by molar-refractivity contribution is -0.120. The van der Waals surface area contributed by atoms with Crippen molar-refractivity contribution in [3.63, 3.8) is 0 Å². The first-order valence-electron chi connectivity index (χ1n) is 3.38. The Morgan fingerprint density at radius 2 is 2.44 bits per heavy atom. The highest BCUT2D eigenvalue weighted by Crippen LogP contribution is 2.27. The Bertz CT molecular complexity index is 120. The molecule has 0 spiro atoms. The lowest BCUT2D eigenvalue weighted by Crippen LogP contribution is -2.14. The van der Waals surface area contributed by atoms with Crippen LogP contribution in [0.3, 0.4) is 0 Å². The Morgan fingerprint density at radius 1 is 1.78 bits per heavy atom. The topological polar surface area (TPSA) is 17.1 Å². The summed E-state index contributed by atoms with van der Waals surface area (Å²) in [5.74, 6) is 0.754. The summed E-state index contributed by atoms with van der Waals surface area (Å²) in [6.07, 6.45) is 2.99. The first-order valence-corrected chi connectivity index (χ1v) is 4.30. The van der Waals surface area contributed by atoms with E-state index in [4.69, 9.17) is 0 Å². The monoisotopic (exact) mass is 190 g/mol. The van der Waals surface area contributed by atoms with Crippen LogP contribution in [0.2, 0.25) is 0 Å². The van der Waals surface area contributed by atoms with Gasteiger partial charge in [-0.2, -0.15) is 0 Å². The molecule has 1 fully saturated rings. The van der Waals surface area contributed by atoms with E-state index in [2.05, 4.69) is 15.9 Å². The number of carbonyl (C=O) groups is 1. The second-order valence-electron chi connectivity index (χ2n) is 2.64. The summed E-state index contributed by atoms with van der Waals surface area (Å²) >= 11 is 3.42. The minimum Gasteiger partial charge on any atom is -0.299 e. The molecular weight excluding hydrogens is 180 g/mol. The molecule has 9 heavy (non-hydrogen) atoms. The van der Waals surface area contributed by atoms with Crippen LogP contribution in [-0.2, 0) is 4.79 Å². The van der Waals surface area contributed by atoms with Gasteiger partial charge < -0.3 is 0 Å². The third kappa shape index (κ3) is 1.54. The van der Waals surface area contributed by atoms with Crippen LogP contribution in [0.5, 0.6) is 0 Å². The zero-order valence-electron chi connectivity index (χ0n) is 5.56. The van der Waals surface area contributed by atoms with Gasteiger partial charge in [0.1, 0.15) is 5.78 Å². The number of hydrogen-bond acceptors (Lipinski definition) is 1. The number of Topliss-reactive ketones (excluding diaryl/α,β-unsaturated/α-hetero) is 1. The third-order valence-corrected chi connectivity index (χ3v) is 2.54. The molecule has 2 heteroatoms. The SMILES string of the molecule is CC(Br)C1CCCC1=O. The number of rotatable bonds is 1. The summed E-state index contributed by atoms with van der Waals surface area (Å²) in [4.78, 5) is 11.4. The van der Waals surface area contributed by atoms with E-state index in [9.17, 15) is 4.79 Å². The van der Waals surface area contributed by atoms with Crippen LogP contribution >= 0.6 is 15.9 Å². The number of carbonyl (C=O) groups excluding carboxylic acids is 1. The molecule has 0 bridgehead atoms. The minimum atomic E-state index is 0.310. The van der Waals surface area contributed by atoms with Gasteiger partial charge in [-0.1, -0.05) is 22.9 Å². The quantitative estimate of drug-likeness (QED) is 0.580. The van der Waals surface area contributed by atoms with Crippen LogP contribution in [0.1, 0.15) is 26.2 Å². The van der Waals surface area contributed by atoms with Gasteiger partial charge in [0, 0.05) is 17.2 Å². The first-order chi connectivity index (χ1) is 4.22. The Labute approximate surface area is 64.0 Å². The maximum Gasteiger partial charge on any atom is 0.137 e. The standard InChI is InChI=1S/C7H11BrO/c1-5(8)6-3-2-4-7(6)9/h5-6H,2-4H2,1H3. The van der Waals surface area contributed by atoms with Crippen LogP contribution < -0.4 is 0 Å². The summed E-state index contributed by atoms with van der Waals surface area (Å²) < 4.78 is 0. The van der Waals surface area contributed by atoms with Gasteiger partial charge in [-0.05, 0) is 12.8 Å². The molecule has 2 atom stereocenters. The van der Waals surface area contributed by atoms with E-state index in [1.807, 2.05) is 6.92 Å². The second-order valence-corrected chi connectivity index (χ2v) is 4.09. The van der Waals surface area contributed by atoms with Crippen LogP contribution in [0.15, 0.2) is 0 Å². The number of ketones is 1. The lowest BCUT2D eigenvalue weighted by atomic mass is 10.1. The average Bonchev–Trinajstić information content (AvgIpc) is 2.13. The molecule has 2 unspecified atom stereocenters. The van der Waals surface area contributed by atoms with E-state index in [-0.39, 0.29) is 0 Å². The zero-order valence-corrected chi connectivity index (χ0v) is 7.15. The van der Waals surface area contributed by atoms with Gasteiger partial charge in [0.2, 0.25) is 0 Å². The zero-order chi connectivity index (χ0) is 6.85. The van der Waals surface area contributed by atoms with E-state index in [1.165, 1.54) is 0 Å². The molecule has 0 amide bonds. The molecule has 0 heterocycles. The highest BCUT2D eigenvalue weighted by molar-refractivity contribution is 9.09. The highest BCUT2D eigenvalue weighted by atomic mass is 79.9. The fourth-order valence-corrected chi connectivity index (χ4v) is 1.89. The van der Waals surface area contributed by atoms with Crippen molar-refractivity contribution in [1.29, 1.82) is 0 Å².